The molecule has 0 aliphatic heterocycles. The number of hydrogen-bond acceptors (Lipinski definition) is 6. The first-order valence-corrected chi connectivity index (χ1v) is 10.2. The number of carbonyl (C=O) groups excluding carboxylic acids is 1. The van der Waals surface area contributed by atoms with Gasteiger partial charge in [0.05, 0.1) is 10.6 Å². The van der Waals surface area contributed by atoms with Gasteiger partial charge in [-0.25, -0.2) is 5.43 Å². The molecule has 8 nitrogen and oxygen atoms in total. The zero-order valence-corrected chi connectivity index (χ0v) is 17.8. The molecule has 0 spiro atoms. The summed E-state index contributed by atoms with van der Waals surface area (Å²) in [5.74, 6) is 0.341. The summed E-state index contributed by atoms with van der Waals surface area (Å²) in [5, 5.41) is 15.8. The SMILES string of the molecule is C/C(=N/NC(=O)c1ccc(COc2cccc3cccnc23)cc1)c1ccc([N+](=O)[O-])cc1. The number of rotatable bonds is 7. The summed E-state index contributed by atoms with van der Waals surface area (Å²) < 4.78 is 5.93. The number of nitro benzene ring substituents is 1. The maximum atomic E-state index is 12.4. The summed E-state index contributed by atoms with van der Waals surface area (Å²) in [7, 11) is 0. The van der Waals surface area contributed by atoms with Crippen LogP contribution < -0.4 is 10.2 Å². The summed E-state index contributed by atoms with van der Waals surface area (Å²) in [4.78, 5) is 27.1. The number of nitro groups is 1. The van der Waals surface area contributed by atoms with Gasteiger partial charge in [0.2, 0.25) is 0 Å². The second-order valence-corrected chi connectivity index (χ2v) is 7.26. The van der Waals surface area contributed by atoms with E-state index in [0.29, 0.717) is 29.2 Å². The Kier molecular flexibility index (Phi) is 6.36. The lowest BCUT2D eigenvalue weighted by atomic mass is 10.1. The number of aromatic nitrogens is 1. The van der Waals surface area contributed by atoms with Gasteiger partial charge in [-0.05, 0) is 54.4 Å². The van der Waals surface area contributed by atoms with Crippen LogP contribution in [0, 0.1) is 10.1 Å². The van der Waals surface area contributed by atoms with Crippen molar-refractivity contribution in [2.45, 2.75) is 13.5 Å². The number of carbonyl (C=O) groups is 1. The number of fused-ring (bicyclic) bond motifs is 1. The Bertz CT molecular complexity index is 1330. The van der Waals surface area contributed by atoms with E-state index in [9.17, 15) is 14.9 Å². The standard InChI is InChI=1S/C25H20N4O4/c1-17(19-11-13-22(14-12-19)29(31)32)27-28-25(30)21-9-7-18(8-10-21)16-33-23-6-2-4-20-5-3-15-26-24(20)23/h2-15H,16H2,1H3,(H,28,30)/b27-17-. The number of ether oxygens (including phenoxy) is 1. The molecule has 0 saturated heterocycles. The van der Waals surface area contributed by atoms with E-state index in [1.807, 2.05) is 42.5 Å². The van der Waals surface area contributed by atoms with Crippen LogP contribution in [0.2, 0.25) is 0 Å². The highest BCUT2D eigenvalue weighted by Crippen LogP contribution is 2.24. The molecule has 1 aromatic heterocycles. The van der Waals surface area contributed by atoms with Crippen LogP contribution in [0.15, 0.2) is 90.2 Å². The first kappa shape index (κ1) is 21.6. The van der Waals surface area contributed by atoms with Gasteiger partial charge >= 0.3 is 0 Å². The molecule has 4 rings (SSSR count). The maximum absolute atomic E-state index is 12.4. The number of nitrogens with one attached hydrogen (secondary N) is 1. The lowest BCUT2D eigenvalue weighted by Crippen LogP contribution is -2.19. The van der Waals surface area contributed by atoms with Crippen LogP contribution >= 0.6 is 0 Å². The van der Waals surface area contributed by atoms with Crippen molar-refractivity contribution in [1.82, 2.24) is 10.4 Å². The highest BCUT2D eigenvalue weighted by atomic mass is 16.6. The van der Waals surface area contributed by atoms with Gasteiger partial charge in [0.15, 0.2) is 0 Å². The molecule has 1 heterocycles. The molecular weight excluding hydrogens is 420 g/mol. The number of hydrazone groups is 1. The molecule has 4 aromatic rings. The molecular formula is C25H20N4O4. The van der Waals surface area contributed by atoms with Gasteiger partial charge in [-0.3, -0.25) is 19.9 Å². The summed E-state index contributed by atoms with van der Waals surface area (Å²) in [5.41, 5.74) is 5.88. The fraction of sp³-hybridized carbons (Fsp3) is 0.0800. The first-order valence-electron chi connectivity index (χ1n) is 10.2. The van der Waals surface area contributed by atoms with Gasteiger partial charge in [-0.15, -0.1) is 0 Å². The third-order valence-electron chi connectivity index (χ3n) is 5.03. The van der Waals surface area contributed by atoms with Gasteiger partial charge in [0.25, 0.3) is 11.6 Å². The van der Waals surface area contributed by atoms with Crippen LogP contribution in [0.5, 0.6) is 5.75 Å². The predicted molar refractivity (Wildman–Crippen MR) is 125 cm³/mol. The predicted octanol–water partition coefficient (Wildman–Crippen LogP) is 4.88. The molecule has 0 radical (unpaired) electrons. The number of nitrogens with zero attached hydrogens (tertiary/aromatic N) is 3. The molecule has 0 saturated carbocycles. The fourth-order valence-electron chi connectivity index (χ4n) is 3.19. The number of non-ortho nitro benzene ring substituents is 1. The molecule has 0 aliphatic rings. The summed E-state index contributed by atoms with van der Waals surface area (Å²) >= 11 is 0. The van der Waals surface area contributed by atoms with E-state index in [2.05, 4.69) is 15.5 Å². The Labute approximate surface area is 189 Å². The van der Waals surface area contributed by atoms with E-state index in [-0.39, 0.29) is 11.6 Å². The lowest BCUT2D eigenvalue weighted by molar-refractivity contribution is -0.384. The monoisotopic (exact) mass is 440 g/mol. The molecule has 1 amide bonds. The molecule has 0 aliphatic carbocycles. The average Bonchev–Trinajstić information content (AvgIpc) is 2.86. The minimum absolute atomic E-state index is 0.00336. The lowest BCUT2D eigenvalue weighted by Gasteiger charge is -2.09. The number of para-hydroxylation sites is 1. The van der Waals surface area contributed by atoms with E-state index in [1.54, 1.807) is 37.4 Å². The molecule has 0 unspecified atom stereocenters. The molecule has 3 aromatic carbocycles. The van der Waals surface area contributed by atoms with E-state index in [4.69, 9.17) is 4.74 Å². The van der Waals surface area contributed by atoms with Gasteiger partial charge in [-0.2, -0.15) is 5.10 Å². The maximum Gasteiger partial charge on any atom is 0.271 e. The molecule has 8 heteroatoms. The van der Waals surface area contributed by atoms with Gasteiger partial charge in [0.1, 0.15) is 17.9 Å². The van der Waals surface area contributed by atoms with Crippen molar-refractivity contribution in [3.8, 4) is 5.75 Å². The smallest absolute Gasteiger partial charge is 0.271 e. The number of amides is 1. The van der Waals surface area contributed by atoms with Crippen molar-refractivity contribution in [2.75, 3.05) is 0 Å². The normalized spacial score (nSPS) is 11.2. The van der Waals surface area contributed by atoms with E-state index in [1.165, 1.54) is 12.1 Å². The Morgan fingerprint density at radius 3 is 2.42 bits per heavy atom. The Balaban J connectivity index is 1.36. The van der Waals surface area contributed by atoms with Crippen LogP contribution in [-0.2, 0) is 6.61 Å². The number of benzene rings is 3. The van der Waals surface area contributed by atoms with Crippen LogP contribution in [0.25, 0.3) is 10.9 Å². The highest BCUT2D eigenvalue weighted by molar-refractivity contribution is 6.01. The Hall–Kier alpha value is -4.59. The topological polar surface area (TPSA) is 107 Å². The minimum atomic E-state index is -0.467. The fourth-order valence-corrected chi connectivity index (χ4v) is 3.19. The van der Waals surface area contributed by atoms with E-state index in [0.717, 1.165) is 16.5 Å². The molecule has 0 bridgehead atoms. The van der Waals surface area contributed by atoms with Crippen molar-refractivity contribution in [3.05, 3.63) is 112 Å². The molecule has 33 heavy (non-hydrogen) atoms. The summed E-state index contributed by atoms with van der Waals surface area (Å²) in [6.45, 7) is 2.05. The van der Waals surface area contributed by atoms with Crippen LogP contribution in [0.4, 0.5) is 5.69 Å². The Morgan fingerprint density at radius 1 is 1.00 bits per heavy atom. The minimum Gasteiger partial charge on any atom is -0.487 e. The van der Waals surface area contributed by atoms with Crippen molar-refractivity contribution >= 4 is 28.2 Å². The third-order valence-corrected chi connectivity index (χ3v) is 5.03. The number of hydrogen-bond donors (Lipinski definition) is 1. The summed E-state index contributed by atoms with van der Waals surface area (Å²) in [6.07, 6.45) is 1.73. The third kappa shape index (κ3) is 5.19. The highest BCUT2D eigenvalue weighted by Gasteiger charge is 2.08. The van der Waals surface area contributed by atoms with Crippen LogP contribution in [0.3, 0.4) is 0 Å². The largest absolute Gasteiger partial charge is 0.487 e. The van der Waals surface area contributed by atoms with Crippen molar-refractivity contribution in [1.29, 1.82) is 0 Å². The van der Waals surface area contributed by atoms with Gasteiger partial charge < -0.3 is 4.74 Å². The molecule has 164 valence electrons. The molecule has 0 fully saturated rings. The van der Waals surface area contributed by atoms with Crippen LogP contribution in [0.1, 0.15) is 28.4 Å². The zero-order chi connectivity index (χ0) is 23.2. The second-order valence-electron chi connectivity index (χ2n) is 7.26. The molecule has 0 atom stereocenters. The summed E-state index contributed by atoms with van der Waals surface area (Å²) in [6, 6.07) is 22.6. The van der Waals surface area contributed by atoms with Crippen molar-refractivity contribution in [3.63, 3.8) is 0 Å². The van der Waals surface area contributed by atoms with Crippen molar-refractivity contribution < 1.29 is 14.5 Å². The zero-order valence-electron chi connectivity index (χ0n) is 17.8. The Morgan fingerprint density at radius 2 is 1.70 bits per heavy atom. The average molecular weight is 440 g/mol. The number of pyridine rings is 1. The van der Waals surface area contributed by atoms with E-state index < -0.39 is 4.92 Å². The first-order chi connectivity index (χ1) is 16.0. The van der Waals surface area contributed by atoms with E-state index >= 15 is 0 Å². The molecule has 1 N–H and O–H groups in total. The second kappa shape index (κ2) is 9.69. The van der Waals surface area contributed by atoms with Gasteiger partial charge in [-0.1, -0.05) is 30.3 Å². The van der Waals surface area contributed by atoms with Crippen molar-refractivity contribution in [2.24, 2.45) is 5.10 Å². The van der Waals surface area contributed by atoms with Gasteiger partial charge in [0, 0.05) is 29.3 Å². The van der Waals surface area contributed by atoms with Crippen LogP contribution in [-0.4, -0.2) is 21.5 Å². The quantitative estimate of drug-likeness (QED) is 0.250.